The lowest BCUT2D eigenvalue weighted by Gasteiger charge is -2.30. The molecule has 168 valence electrons. The Labute approximate surface area is 193 Å². The second-order valence-corrected chi connectivity index (χ2v) is 7.99. The van der Waals surface area contributed by atoms with E-state index < -0.39 is 23.6 Å². The largest absolute Gasteiger partial charge is 0.416 e. The highest BCUT2D eigenvalue weighted by molar-refractivity contribution is 7.80. The van der Waals surface area contributed by atoms with Gasteiger partial charge >= 0.3 is 6.18 Å². The molecule has 2 heterocycles. The third-order valence-corrected chi connectivity index (χ3v) is 5.50. The van der Waals surface area contributed by atoms with E-state index in [0.717, 1.165) is 23.3 Å². The van der Waals surface area contributed by atoms with Gasteiger partial charge in [-0.25, -0.2) is 0 Å². The summed E-state index contributed by atoms with van der Waals surface area (Å²) in [7, 11) is 0. The molecular formula is C24H18F3N3O2S. The summed E-state index contributed by atoms with van der Waals surface area (Å²) in [6.07, 6.45) is -1.60. The average molecular weight is 469 g/mol. The highest BCUT2D eigenvalue weighted by Crippen LogP contribution is 2.31. The number of amides is 2. The van der Waals surface area contributed by atoms with Gasteiger partial charge < -0.3 is 4.57 Å². The van der Waals surface area contributed by atoms with Crippen molar-refractivity contribution in [3.05, 3.63) is 88.8 Å². The van der Waals surface area contributed by atoms with Crippen molar-refractivity contribution < 1.29 is 22.8 Å². The fourth-order valence-corrected chi connectivity index (χ4v) is 3.93. The summed E-state index contributed by atoms with van der Waals surface area (Å²) in [6.45, 7) is 3.75. The first-order valence-electron chi connectivity index (χ1n) is 9.90. The number of benzene rings is 2. The van der Waals surface area contributed by atoms with Crippen molar-refractivity contribution >= 4 is 40.9 Å². The number of aromatic nitrogens is 1. The van der Waals surface area contributed by atoms with Gasteiger partial charge in [-0.2, -0.15) is 13.2 Å². The molecule has 2 amide bonds. The third-order valence-electron chi connectivity index (χ3n) is 5.22. The Morgan fingerprint density at radius 2 is 1.76 bits per heavy atom. The van der Waals surface area contributed by atoms with Crippen LogP contribution in [0.3, 0.4) is 0 Å². The molecule has 0 saturated carbocycles. The van der Waals surface area contributed by atoms with Crippen LogP contribution in [0.4, 0.5) is 18.9 Å². The van der Waals surface area contributed by atoms with Crippen molar-refractivity contribution in [1.29, 1.82) is 0 Å². The van der Waals surface area contributed by atoms with Crippen LogP contribution in [-0.4, -0.2) is 21.5 Å². The van der Waals surface area contributed by atoms with Gasteiger partial charge in [-0.15, -0.1) is 0 Å². The Bertz CT molecular complexity index is 1320. The van der Waals surface area contributed by atoms with Gasteiger partial charge in [0.1, 0.15) is 5.57 Å². The molecule has 1 saturated heterocycles. The molecule has 5 nitrogen and oxygen atoms in total. The lowest BCUT2D eigenvalue weighted by molar-refractivity contribution is -0.137. The van der Waals surface area contributed by atoms with Gasteiger partial charge in [0.05, 0.1) is 11.3 Å². The van der Waals surface area contributed by atoms with Crippen LogP contribution in [-0.2, 0) is 15.8 Å². The first-order chi connectivity index (χ1) is 15.6. The molecule has 0 spiro atoms. The maximum atomic E-state index is 13.3. The standard InChI is InChI=1S/C24H18F3N3O2S/c1-14-8-9-20(15(2)11-14)30-22(32)19(21(31)28-23(30)33)13-18-7-4-10-29(18)17-6-3-5-16(12-17)24(25,26)27/h3-13H,1-2H3,(H,28,31,33)/b19-13+. The fourth-order valence-electron chi connectivity index (χ4n) is 3.66. The van der Waals surface area contributed by atoms with Crippen LogP contribution in [0.5, 0.6) is 0 Å². The van der Waals surface area contributed by atoms with Crippen LogP contribution in [0.15, 0.2) is 66.4 Å². The molecule has 0 unspecified atom stereocenters. The van der Waals surface area contributed by atoms with E-state index in [1.165, 1.54) is 27.7 Å². The van der Waals surface area contributed by atoms with E-state index >= 15 is 0 Å². The zero-order chi connectivity index (χ0) is 23.9. The van der Waals surface area contributed by atoms with Crippen molar-refractivity contribution in [1.82, 2.24) is 9.88 Å². The van der Waals surface area contributed by atoms with E-state index in [2.05, 4.69) is 5.32 Å². The molecule has 33 heavy (non-hydrogen) atoms. The minimum absolute atomic E-state index is 0.0395. The molecule has 0 radical (unpaired) electrons. The highest BCUT2D eigenvalue weighted by atomic mass is 32.1. The molecule has 1 N–H and O–H groups in total. The molecule has 4 rings (SSSR count). The van der Waals surface area contributed by atoms with Crippen molar-refractivity contribution in [3.63, 3.8) is 0 Å². The average Bonchev–Trinajstić information content (AvgIpc) is 3.20. The fraction of sp³-hybridized carbons (Fsp3) is 0.125. The summed E-state index contributed by atoms with van der Waals surface area (Å²) in [5.74, 6) is -1.30. The van der Waals surface area contributed by atoms with Crippen LogP contribution in [0.1, 0.15) is 22.4 Å². The Morgan fingerprint density at radius 1 is 1.00 bits per heavy atom. The highest BCUT2D eigenvalue weighted by Gasteiger charge is 2.35. The van der Waals surface area contributed by atoms with Crippen LogP contribution < -0.4 is 10.2 Å². The van der Waals surface area contributed by atoms with E-state index in [0.29, 0.717) is 11.4 Å². The molecular weight excluding hydrogens is 451 g/mol. The summed E-state index contributed by atoms with van der Waals surface area (Å²) in [4.78, 5) is 27.2. The van der Waals surface area contributed by atoms with Gasteiger partial charge in [0.25, 0.3) is 11.8 Å². The maximum Gasteiger partial charge on any atom is 0.416 e. The normalized spacial score (nSPS) is 15.8. The number of halogens is 3. The first kappa shape index (κ1) is 22.5. The molecule has 1 aliphatic rings. The van der Waals surface area contributed by atoms with Gasteiger partial charge in [0.2, 0.25) is 0 Å². The molecule has 3 aromatic rings. The third kappa shape index (κ3) is 4.31. The lowest BCUT2D eigenvalue weighted by atomic mass is 10.1. The SMILES string of the molecule is Cc1ccc(N2C(=O)/C(=C/c3cccn3-c3cccc(C(F)(F)F)c3)C(=O)NC2=S)c(C)c1. The van der Waals surface area contributed by atoms with Crippen LogP contribution >= 0.6 is 12.2 Å². The van der Waals surface area contributed by atoms with Crippen molar-refractivity contribution in [2.24, 2.45) is 0 Å². The number of aryl methyl sites for hydroxylation is 2. The van der Waals surface area contributed by atoms with Crippen molar-refractivity contribution in [2.75, 3.05) is 4.90 Å². The second-order valence-electron chi connectivity index (χ2n) is 7.60. The van der Waals surface area contributed by atoms with E-state index in [-0.39, 0.29) is 16.4 Å². The van der Waals surface area contributed by atoms with E-state index in [4.69, 9.17) is 12.2 Å². The number of carbonyl (C=O) groups excluding carboxylic acids is 2. The maximum absolute atomic E-state index is 13.3. The van der Waals surface area contributed by atoms with Crippen molar-refractivity contribution in [3.8, 4) is 5.69 Å². The Kier molecular flexibility index (Phi) is 5.67. The number of hydrogen-bond acceptors (Lipinski definition) is 3. The molecule has 9 heteroatoms. The molecule has 0 aliphatic carbocycles. The summed E-state index contributed by atoms with van der Waals surface area (Å²) in [5, 5.41) is 2.48. The molecule has 0 bridgehead atoms. The summed E-state index contributed by atoms with van der Waals surface area (Å²) >= 11 is 5.24. The first-order valence-corrected chi connectivity index (χ1v) is 10.3. The number of carbonyl (C=O) groups is 2. The number of thiocarbonyl (C=S) groups is 1. The Balaban J connectivity index is 1.76. The monoisotopic (exact) mass is 469 g/mol. The van der Waals surface area contributed by atoms with Gasteiger partial charge in [-0.3, -0.25) is 19.8 Å². The second kappa shape index (κ2) is 8.32. The van der Waals surface area contributed by atoms with Crippen LogP contribution in [0.2, 0.25) is 0 Å². The molecule has 1 fully saturated rings. The van der Waals surface area contributed by atoms with Crippen molar-refractivity contribution in [2.45, 2.75) is 20.0 Å². The number of rotatable bonds is 3. The summed E-state index contributed by atoms with van der Waals surface area (Å²) in [6, 6.07) is 13.5. The van der Waals surface area contributed by atoms with Crippen LogP contribution in [0, 0.1) is 13.8 Å². The number of nitrogens with one attached hydrogen (secondary N) is 1. The van der Waals surface area contributed by atoms with Crippen LogP contribution in [0.25, 0.3) is 11.8 Å². The topological polar surface area (TPSA) is 54.3 Å². The summed E-state index contributed by atoms with van der Waals surface area (Å²) in [5.41, 5.74) is 1.96. The van der Waals surface area contributed by atoms with E-state index in [9.17, 15) is 22.8 Å². The predicted molar refractivity (Wildman–Crippen MR) is 123 cm³/mol. The predicted octanol–water partition coefficient (Wildman–Crippen LogP) is 4.94. The molecule has 1 aromatic heterocycles. The zero-order valence-corrected chi connectivity index (χ0v) is 18.4. The number of nitrogens with zero attached hydrogens (tertiary/aromatic N) is 2. The number of anilines is 1. The van der Waals surface area contributed by atoms with Gasteiger partial charge in [-0.05, 0) is 74.1 Å². The van der Waals surface area contributed by atoms with Gasteiger partial charge in [0.15, 0.2) is 5.11 Å². The van der Waals surface area contributed by atoms with E-state index in [1.54, 1.807) is 24.4 Å². The quantitative estimate of drug-likeness (QED) is 0.336. The number of alkyl halides is 3. The summed E-state index contributed by atoms with van der Waals surface area (Å²) < 4.78 is 40.9. The van der Waals surface area contributed by atoms with Gasteiger partial charge in [0, 0.05) is 17.6 Å². The number of hydrogen-bond donors (Lipinski definition) is 1. The molecule has 0 atom stereocenters. The minimum atomic E-state index is -4.50. The van der Waals surface area contributed by atoms with E-state index in [1.807, 2.05) is 26.0 Å². The lowest BCUT2D eigenvalue weighted by Crippen LogP contribution is -2.54. The van der Waals surface area contributed by atoms with Gasteiger partial charge in [-0.1, -0.05) is 23.8 Å². The molecule has 1 aliphatic heterocycles. The zero-order valence-electron chi connectivity index (χ0n) is 17.6. The minimum Gasteiger partial charge on any atom is -0.317 e. The molecule has 2 aromatic carbocycles. The Hall–Kier alpha value is -3.72. The smallest absolute Gasteiger partial charge is 0.317 e. The Morgan fingerprint density at radius 3 is 2.45 bits per heavy atom.